The third-order valence-corrected chi connectivity index (χ3v) is 4.73. The van der Waals surface area contributed by atoms with Crippen LogP contribution in [0.5, 0.6) is 0 Å². The molecule has 1 aromatic heterocycles. The highest BCUT2D eigenvalue weighted by molar-refractivity contribution is 5.65. The second kappa shape index (κ2) is 8.89. The van der Waals surface area contributed by atoms with Gasteiger partial charge in [0.15, 0.2) is 0 Å². The Labute approximate surface area is 150 Å². The lowest BCUT2D eigenvalue weighted by molar-refractivity contribution is 0.112. The highest BCUT2D eigenvalue weighted by atomic mass is 16.4. The zero-order valence-corrected chi connectivity index (χ0v) is 15.4. The number of anilines is 2. The van der Waals surface area contributed by atoms with Crippen LogP contribution < -0.4 is 16.1 Å². The predicted molar refractivity (Wildman–Crippen MR) is 100 cm³/mol. The van der Waals surface area contributed by atoms with Crippen molar-refractivity contribution < 1.29 is 9.90 Å². The summed E-state index contributed by atoms with van der Waals surface area (Å²) in [6, 6.07) is 3.81. The van der Waals surface area contributed by atoms with E-state index in [-0.39, 0.29) is 12.0 Å². The fourth-order valence-corrected chi connectivity index (χ4v) is 3.48. The van der Waals surface area contributed by atoms with Crippen molar-refractivity contribution in [1.82, 2.24) is 9.99 Å². The van der Waals surface area contributed by atoms with E-state index in [4.69, 9.17) is 5.84 Å². The lowest BCUT2D eigenvalue weighted by atomic mass is 9.89. The van der Waals surface area contributed by atoms with Crippen molar-refractivity contribution in [1.29, 1.82) is 0 Å². The minimum absolute atomic E-state index is 0.191. The SMILES string of the molecule is CCCCNc1cc(N2CCC([C@@H]([C](C)C)N(N)C(=O)O)C2)ccn1. The highest BCUT2D eigenvalue weighted by Crippen LogP contribution is 2.31. The number of nitrogens with zero attached hydrogens (tertiary/aromatic N) is 3. The van der Waals surface area contributed by atoms with Crippen LogP contribution in [0.25, 0.3) is 0 Å². The summed E-state index contributed by atoms with van der Waals surface area (Å²) < 4.78 is 0. The van der Waals surface area contributed by atoms with Crippen molar-refractivity contribution >= 4 is 17.6 Å². The maximum atomic E-state index is 11.3. The fourth-order valence-electron chi connectivity index (χ4n) is 3.48. The lowest BCUT2D eigenvalue weighted by Gasteiger charge is -2.33. The first kappa shape index (κ1) is 19.3. The molecule has 1 aliphatic heterocycles. The van der Waals surface area contributed by atoms with Gasteiger partial charge in [0.2, 0.25) is 0 Å². The van der Waals surface area contributed by atoms with Crippen LogP contribution in [0.4, 0.5) is 16.3 Å². The minimum atomic E-state index is -1.09. The molecule has 1 unspecified atom stereocenters. The second-order valence-corrected chi connectivity index (χ2v) is 6.89. The molecule has 25 heavy (non-hydrogen) atoms. The Hall–Kier alpha value is -2.02. The van der Waals surface area contributed by atoms with Crippen LogP contribution in [0.1, 0.15) is 40.0 Å². The molecular formula is C18H30N5O2. The summed E-state index contributed by atoms with van der Waals surface area (Å²) >= 11 is 0. The van der Waals surface area contributed by atoms with Gasteiger partial charge >= 0.3 is 6.09 Å². The van der Waals surface area contributed by atoms with Crippen molar-refractivity contribution in [3.05, 3.63) is 24.2 Å². The number of hydrazine groups is 1. The van der Waals surface area contributed by atoms with Crippen LogP contribution in [-0.2, 0) is 0 Å². The molecule has 0 saturated carbocycles. The summed E-state index contributed by atoms with van der Waals surface area (Å²) in [6.07, 6.45) is 3.91. The van der Waals surface area contributed by atoms with E-state index in [1.54, 1.807) is 0 Å². The van der Waals surface area contributed by atoms with Gasteiger partial charge in [0.25, 0.3) is 0 Å². The van der Waals surface area contributed by atoms with E-state index in [1.807, 2.05) is 26.1 Å². The standard InChI is InChI=1S/C18H30N5O2/c1-4-5-8-20-16-11-15(6-9-21-16)22-10-7-14(12-22)17(13(2)3)23(19)18(24)25/h6,9,11,14,17H,4-5,7-8,10,12,19H2,1-3H3,(H,20,21)(H,24,25)/t14?,17-/m1/s1. The lowest BCUT2D eigenvalue weighted by Crippen LogP contribution is -2.51. The van der Waals surface area contributed by atoms with E-state index in [0.29, 0.717) is 0 Å². The van der Waals surface area contributed by atoms with Gasteiger partial charge < -0.3 is 15.3 Å². The van der Waals surface area contributed by atoms with Crippen LogP contribution in [0.3, 0.4) is 0 Å². The first-order valence-electron chi connectivity index (χ1n) is 8.95. The van der Waals surface area contributed by atoms with Gasteiger partial charge in [0.05, 0.1) is 6.04 Å². The summed E-state index contributed by atoms with van der Waals surface area (Å²) in [5.41, 5.74) is 1.11. The van der Waals surface area contributed by atoms with Crippen LogP contribution in [0, 0.1) is 11.8 Å². The predicted octanol–water partition coefficient (Wildman–Crippen LogP) is 2.96. The highest BCUT2D eigenvalue weighted by Gasteiger charge is 2.36. The van der Waals surface area contributed by atoms with Crippen LogP contribution in [-0.4, -0.2) is 46.9 Å². The number of rotatable bonds is 8. The monoisotopic (exact) mass is 348 g/mol. The molecule has 2 rings (SSSR count). The van der Waals surface area contributed by atoms with E-state index >= 15 is 0 Å². The zero-order chi connectivity index (χ0) is 18.4. The number of hydrogen-bond donors (Lipinski definition) is 3. The molecule has 1 fully saturated rings. The van der Waals surface area contributed by atoms with Crippen molar-refractivity contribution in [3.63, 3.8) is 0 Å². The Kier molecular flexibility index (Phi) is 6.87. The van der Waals surface area contributed by atoms with Crippen LogP contribution in [0.2, 0.25) is 0 Å². The summed E-state index contributed by atoms with van der Waals surface area (Å²) in [6.45, 7) is 8.64. The Morgan fingerprint density at radius 3 is 2.96 bits per heavy atom. The van der Waals surface area contributed by atoms with Crippen molar-refractivity contribution in [3.8, 4) is 0 Å². The fraction of sp³-hybridized carbons (Fsp3) is 0.611. The molecule has 0 aliphatic carbocycles. The molecule has 1 aliphatic rings. The molecule has 0 bridgehead atoms. The summed E-state index contributed by atoms with van der Waals surface area (Å²) in [4.78, 5) is 17.9. The van der Waals surface area contributed by atoms with Gasteiger partial charge in [0, 0.05) is 43.5 Å². The molecule has 0 spiro atoms. The molecule has 139 valence electrons. The number of aromatic nitrogens is 1. The summed E-state index contributed by atoms with van der Waals surface area (Å²) in [5.74, 6) is 7.89. The number of carboxylic acid groups (broad SMARTS) is 1. The molecule has 4 N–H and O–H groups in total. The topological polar surface area (TPSA) is 94.7 Å². The number of carbonyl (C=O) groups is 1. The molecule has 0 aromatic carbocycles. The Balaban J connectivity index is 2.04. The average Bonchev–Trinajstić information content (AvgIpc) is 3.04. The van der Waals surface area contributed by atoms with Gasteiger partial charge in [-0.2, -0.15) is 0 Å². The van der Waals surface area contributed by atoms with Crippen LogP contribution in [0.15, 0.2) is 18.3 Å². The average molecular weight is 348 g/mol. The molecule has 1 amide bonds. The number of hydrogen-bond acceptors (Lipinski definition) is 5. The van der Waals surface area contributed by atoms with Crippen LogP contribution >= 0.6 is 0 Å². The molecular weight excluding hydrogens is 318 g/mol. The van der Waals surface area contributed by atoms with E-state index in [0.717, 1.165) is 61.3 Å². The van der Waals surface area contributed by atoms with Gasteiger partial charge in [0.1, 0.15) is 5.82 Å². The largest absolute Gasteiger partial charge is 0.464 e. The van der Waals surface area contributed by atoms with E-state index in [2.05, 4.69) is 28.2 Å². The molecule has 1 saturated heterocycles. The molecule has 1 aromatic rings. The summed E-state index contributed by atoms with van der Waals surface area (Å²) in [5, 5.41) is 13.5. The van der Waals surface area contributed by atoms with E-state index in [9.17, 15) is 9.90 Å². The van der Waals surface area contributed by atoms with Gasteiger partial charge in [-0.25, -0.2) is 20.6 Å². The van der Waals surface area contributed by atoms with Crippen molar-refractivity contribution in [2.45, 2.75) is 46.1 Å². The van der Waals surface area contributed by atoms with E-state index < -0.39 is 6.09 Å². The molecule has 2 atom stereocenters. The number of nitrogens with two attached hydrogens (primary N) is 1. The minimum Gasteiger partial charge on any atom is -0.464 e. The summed E-state index contributed by atoms with van der Waals surface area (Å²) in [7, 11) is 0. The van der Waals surface area contributed by atoms with Gasteiger partial charge in [-0.05, 0) is 24.8 Å². The Bertz CT molecular complexity index is 566. The molecule has 7 nitrogen and oxygen atoms in total. The first-order chi connectivity index (χ1) is 11.9. The first-order valence-corrected chi connectivity index (χ1v) is 8.95. The zero-order valence-electron chi connectivity index (χ0n) is 15.4. The number of unbranched alkanes of at least 4 members (excludes halogenated alkanes) is 1. The Morgan fingerprint density at radius 2 is 2.32 bits per heavy atom. The maximum absolute atomic E-state index is 11.3. The number of pyridine rings is 1. The van der Waals surface area contributed by atoms with E-state index in [1.165, 1.54) is 0 Å². The third kappa shape index (κ3) is 4.98. The normalized spacial score (nSPS) is 18.4. The van der Waals surface area contributed by atoms with Crippen molar-refractivity contribution in [2.75, 3.05) is 29.9 Å². The second-order valence-electron chi connectivity index (χ2n) is 6.89. The quantitative estimate of drug-likeness (QED) is 0.289. The van der Waals surface area contributed by atoms with Gasteiger partial charge in [-0.1, -0.05) is 27.2 Å². The third-order valence-electron chi connectivity index (χ3n) is 4.73. The number of nitrogens with one attached hydrogen (secondary N) is 1. The maximum Gasteiger partial charge on any atom is 0.421 e. The smallest absolute Gasteiger partial charge is 0.421 e. The molecule has 1 radical (unpaired) electrons. The van der Waals surface area contributed by atoms with Gasteiger partial charge in [-0.15, -0.1) is 0 Å². The van der Waals surface area contributed by atoms with Crippen molar-refractivity contribution in [2.24, 2.45) is 11.8 Å². The Morgan fingerprint density at radius 1 is 1.56 bits per heavy atom. The molecule has 2 heterocycles. The van der Waals surface area contributed by atoms with Gasteiger partial charge in [-0.3, -0.25) is 0 Å². The molecule has 7 heteroatoms. The number of amides is 1.